The maximum absolute atomic E-state index is 11.5. The van der Waals surface area contributed by atoms with Gasteiger partial charge in [-0.1, -0.05) is 18.2 Å². The van der Waals surface area contributed by atoms with Crippen molar-refractivity contribution >= 4 is 9.84 Å². The molecule has 1 aliphatic heterocycles. The van der Waals surface area contributed by atoms with E-state index < -0.39 is 21.2 Å². The fourth-order valence-corrected chi connectivity index (χ4v) is 3.11. The fraction of sp³-hybridized carbons (Fsp3) is 0.571. The molecule has 0 spiro atoms. The van der Waals surface area contributed by atoms with E-state index in [1.165, 1.54) is 6.26 Å². The summed E-state index contributed by atoms with van der Waals surface area (Å²) in [7, 11) is -3.21. The smallest absolute Gasteiger partial charge is 0.152 e. The number of benzene rings is 1. The number of sulfone groups is 1. The van der Waals surface area contributed by atoms with Crippen LogP contribution in [0, 0.1) is 0 Å². The minimum absolute atomic E-state index is 0.157. The Morgan fingerprint density at radius 1 is 1.42 bits per heavy atom. The van der Waals surface area contributed by atoms with Crippen LogP contribution in [0.1, 0.15) is 31.2 Å². The van der Waals surface area contributed by atoms with E-state index in [4.69, 9.17) is 4.74 Å². The van der Waals surface area contributed by atoms with Gasteiger partial charge in [-0.15, -0.1) is 0 Å². The zero-order chi connectivity index (χ0) is 14.0. The molecule has 1 N–H and O–H groups in total. The van der Waals surface area contributed by atoms with Gasteiger partial charge in [0.1, 0.15) is 5.75 Å². The lowest BCUT2D eigenvalue weighted by Gasteiger charge is -2.28. The van der Waals surface area contributed by atoms with Gasteiger partial charge in [-0.25, -0.2) is 8.42 Å². The third-order valence-corrected chi connectivity index (χ3v) is 5.49. The summed E-state index contributed by atoms with van der Waals surface area (Å²) in [5, 5.41) is 9.38. The maximum Gasteiger partial charge on any atom is 0.152 e. The average Bonchev–Trinajstić information content (AvgIpc) is 2.37. The number of ether oxygens (including phenoxy) is 1. The minimum Gasteiger partial charge on any atom is -0.493 e. The van der Waals surface area contributed by atoms with Crippen LogP contribution < -0.4 is 4.74 Å². The van der Waals surface area contributed by atoms with E-state index in [1.807, 2.05) is 24.3 Å². The Hall–Kier alpha value is -1.07. The van der Waals surface area contributed by atoms with Gasteiger partial charge in [0.05, 0.1) is 18.0 Å². The van der Waals surface area contributed by atoms with Gasteiger partial charge in [-0.2, -0.15) is 0 Å². The first kappa shape index (κ1) is 14.3. The number of aliphatic hydroxyl groups is 1. The first-order chi connectivity index (χ1) is 8.89. The van der Waals surface area contributed by atoms with Crippen molar-refractivity contribution in [3.8, 4) is 5.75 Å². The highest BCUT2D eigenvalue weighted by atomic mass is 32.2. The molecule has 0 aromatic heterocycles. The Labute approximate surface area is 114 Å². The van der Waals surface area contributed by atoms with Crippen molar-refractivity contribution < 1.29 is 18.3 Å². The zero-order valence-electron chi connectivity index (χ0n) is 11.2. The van der Waals surface area contributed by atoms with Gasteiger partial charge in [0.15, 0.2) is 9.84 Å². The van der Waals surface area contributed by atoms with Crippen LogP contribution in [-0.4, -0.2) is 37.7 Å². The van der Waals surface area contributed by atoms with Crippen LogP contribution in [0.5, 0.6) is 5.75 Å². The second-order valence-electron chi connectivity index (χ2n) is 5.21. The van der Waals surface area contributed by atoms with E-state index >= 15 is 0 Å². The van der Waals surface area contributed by atoms with Crippen LogP contribution >= 0.6 is 0 Å². The Morgan fingerprint density at radius 3 is 2.79 bits per heavy atom. The number of hydrogen-bond donors (Lipinski definition) is 1. The van der Waals surface area contributed by atoms with E-state index in [1.54, 1.807) is 6.92 Å². The van der Waals surface area contributed by atoms with Crippen molar-refractivity contribution in [1.29, 1.82) is 0 Å². The summed E-state index contributed by atoms with van der Waals surface area (Å²) in [4.78, 5) is 0. The van der Waals surface area contributed by atoms with Crippen molar-refractivity contribution in [3.05, 3.63) is 29.8 Å². The second-order valence-corrected chi connectivity index (χ2v) is 7.61. The molecule has 106 valence electrons. The zero-order valence-corrected chi connectivity index (χ0v) is 12.1. The lowest BCUT2D eigenvalue weighted by molar-refractivity contribution is 0.142. The van der Waals surface area contributed by atoms with Gasteiger partial charge >= 0.3 is 0 Å². The van der Waals surface area contributed by atoms with Crippen molar-refractivity contribution in [2.75, 3.05) is 12.9 Å². The highest BCUT2D eigenvalue weighted by Crippen LogP contribution is 2.36. The number of fused-ring (bicyclic) bond motifs is 1. The third kappa shape index (κ3) is 3.28. The normalized spacial score (nSPS) is 22.2. The molecule has 3 unspecified atom stereocenters. The first-order valence-electron chi connectivity index (χ1n) is 6.48. The largest absolute Gasteiger partial charge is 0.493 e. The van der Waals surface area contributed by atoms with E-state index in [0.717, 1.165) is 17.7 Å². The van der Waals surface area contributed by atoms with Crippen LogP contribution in [0.2, 0.25) is 0 Å². The molecule has 19 heavy (non-hydrogen) atoms. The lowest BCUT2D eigenvalue weighted by Crippen LogP contribution is -2.32. The SMILES string of the molecule is CC(C(O)CC1CCOc2ccccc21)S(C)(=O)=O. The summed E-state index contributed by atoms with van der Waals surface area (Å²) in [5.41, 5.74) is 1.06. The van der Waals surface area contributed by atoms with E-state index in [0.29, 0.717) is 13.0 Å². The Bertz CT molecular complexity index is 538. The van der Waals surface area contributed by atoms with Gasteiger partial charge in [0.2, 0.25) is 0 Å². The number of rotatable bonds is 4. The Balaban J connectivity index is 2.13. The van der Waals surface area contributed by atoms with E-state index in [2.05, 4.69) is 0 Å². The summed E-state index contributed by atoms with van der Waals surface area (Å²) < 4.78 is 28.5. The molecule has 3 atom stereocenters. The highest BCUT2D eigenvalue weighted by molar-refractivity contribution is 7.91. The van der Waals surface area contributed by atoms with Crippen LogP contribution in [0.15, 0.2) is 24.3 Å². The molecule has 2 rings (SSSR count). The van der Waals surface area contributed by atoms with Crippen LogP contribution in [0.4, 0.5) is 0 Å². The molecule has 0 amide bonds. The Morgan fingerprint density at radius 2 is 2.11 bits per heavy atom. The molecule has 0 fully saturated rings. The van der Waals surface area contributed by atoms with Crippen LogP contribution in [0.25, 0.3) is 0 Å². The standard InChI is InChI=1S/C14H20O4S/c1-10(19(2,16)17)13(15)9-11-7-8-18-14-6-4-3-5-12(11)14/h3-6,10-11,13,15H,7-9H2,1-2H3. The highest BCUT2D eigenvalue weighted by Gasteiger charge is 2.29. The number of aliphatic hydroxyl groups excluding tert-OH is 1. The first-order valence-corrected chi connectivity index (χ1v) is 8.43. The van der Waals surface area contributed by atoms with Gasteiger partial charge in [-0.3, -0.25) is 0 Å². The van der Waals surface area contributed by atoms with Crippen molar-refractivity contribution in [1.82, 2.24) is 0 Å². The molecule has 1 aromatic carbocycles. The summed E-state index contributed by atoms with van der Waals surface area (Å²) in [6.07, 6.45) is 1.59. The number of hydrogen-bond acceptors (Lipinski definition) is 4. The monoisotopic (exact) mass is 284 g/mol. The third-order valence-electron chi connectivity index (χ3n) is 3.83. The fourth-order valence-electron chi connectivity index (χ4n) is 2.43. The van der Waals surface area contributed by atoms with Gasteiger partial charge < -0.3 is 9.84 Å². The maximum atomic E-state index is 11.5. The predicted octanol–water partition coefficient (Wildman–Crippen LogP) is 1.74. The molecule has 0 aliphatic carbocycles. The van der Waals surface area contributed by atoms with Crippen LogP contribution in [-0.2, 0) is 9.84 Å². The van der Waals surface area contributed by atoms with Crippen LogP contribution in [0.3, 0.4) is 0 Å². The molecule has 0 bridgehead atoms. The summed E-state index contributed by atoms with van der Waals surface area (Å²) in [6.45, 7) is 2.17. The van der Waals surface area contributed by atoms with Crippen molar-refractivity contribution in [3.63, 3.8) is 0 Å². The molecule has 0 radical (unpaired) electrons. The number of para-hydroxylation sites is 1. The lowest BCUT2D eigenvalue weighted by atomic mass is 9.87. The molecular weight excluding hydrogens is 264 g/mol. The molecule has 4 nitrogen and oxygen atoms in total. The molecule has 1 aliphatic rings. The van der Waals surface area contributed by atoms with Gasteiger partial charge in [0.25, 0.3) is 0 Å². The predicted molar refractivity (Wildman–Crippen MR) is 74.2 cm³/mol. The molecule has 1 heterocycles. The van der Waals surface area contributed by atoms with E-state index in [9.17, 15) is 13.5 Å². The molecule has 0 saturated heterocycles. The molecular formula is C14H20O4S. The molecule has 5 heteroatoms. The summed E-state index contributed by atoms with van der Waals surface area (Å²) >= 11 is 0. The quantitative estimate of drug-likeness (QED) is 0.914. The molecule has 0 saturated carbocycles. The topological polar surface area (TPSA) is 63.6 Å². The average molecular weight is 284 g/mol. The summed E-state index contributed by atoms with van der Waals surface area (Å²) in [5.74, 6) is 1.00. The van der Waals surface area contributed by atoms with Gasteiger partial charge in [0, 0.05) is 6.26 Å². The molecule has 1 aromatic rings. The van der Waals surface area contributed by atoms with Crippen molar-refractivity contribution in [2.24, 2.45) is 0 Å². The second kappa shape index (κ2) is 5.51. The minimum atomic E-state index is -3.21. The Kier molecular flexibility index (Phi) is 4.16. The van der Waals surface area contributed by atoms with E-state index in [-0.39, 0.29) is 5.92 Å². The van der Waals surface area contributed by atoms with Gasteiger partial charge in [-0.05, 0) is 37.3 Å². The van der Waals surface area contributed by atoms with Crippen molar-refractivity contribution in [2.45, 2.75) is 37.0 Å². The summed E-state index contributed by atoms with van der Waals surface area (Å²) in [6, 6.07) is 7.74.